The smallest absolute Gasteiger partial charge is 0.270 e. The standard InChI is InChI=1S/C16H15N3O3/c1-22-16-5-3-2-4-12(16)8-9-18-15-7-6-14(19(20)21)10-13(15)11-17/h2-7,10,18H,8-9H2,1H3. The van der Waals surface area contributed by atoms with Crippen molar-refractivity contribution in [3.63, 3.8) is 0 Å². The number of ether oxygens (including phenoxy) is 1. The first kappa shape index (κ1) is 15.3. The summed E-state index contributed by atoms with van der Waals surface area (Å²) in [5.41, 5.74) is 1.81. The lowest BCUT2D eigenvalue weighted by Gasteiger charge is -2.10. The number of nitrogens with one attached hydrogen (secondary N) is 1. The van der Waals surface area contributed by atoms with E-state index in [4.69, 9.17) is 10.00 Å². The van der Waals surface area contributed by atoms with Crippen molar-refractivity contribution in [3.8, 4) is 11.8 Å². The quantitative estimate of drug-likeness (QED) is 0.653. The number of hydrogen-bond donors (Lipinski definition) is 1. The van der Waals surface area contributed by atoms with Crippen LogP contribution < -0.4 is 10.1 Å². The van der Waals surface area contributed by atoms with Crippen molar-refractivity contribution in [2.45, 2.75) is 6.42 Å². The number of rotatable bonds is 6. The average molecular weight is 297 g/mol. The van der Waals surface area contributed by atoms with Gasteiger partial charge in [-0.15, -0.1) is 0 Å². The number of methoxy groups -OCH3 is 1. The summed E-state index contributed by atoms with van der Waals surface area (Å²) in [6, 6.07) is 13.9. The van der Waals surface area contributed by atoms with E-state index in [-0.39, 0.29) is 11.3 Å². The number of anilines is 1. The molecular formula is C16H15N3O3. The number of nitrogens with zero attached hydrogens (tertiary/aromatic N) is 2. The van der Waals surface area contributed by atoms with Crippen LogP contribution >= 0.6 is 0 Å². The highest BCUT2D eigenvalue weighted by atomic mass is 16.6. The normalized spacial score (nSPS) is 9.82. The van der Waals surface area contributed by atoms with Gasteiger partial charge in [-0.05, 0) is 24.1 Å². The van der Waals surface area contributed by atoms with Crippen LogP contribution in [0.4, 0.5) is 11.4 Å². The minimum atomic E-state index is -0.514. The molecule has 0 radical (unpaired) electrons. The molecule has 0 aliphatic heterocycles. The Hall–Kier alpha value is -3.07. The fourth-order valence-electron chi connectivity index (χ4n) is 2.13. The predicted molar refractivity (Wildman–Crippen MR) is 83.0 cm³/mol. The number of non-ortho nitro benzene ring substituents is 1. The molecule has 0 aromatic heterocycles. The molecule has 2 aromatic carbocycles. The van der Waals surface area contributed by atoms with Crippen molar-refractivity contribution in [2.75, 3.05) is 19.0 Å². The minimum Gasteiger partial charge on any atom is -0.496 e. The van der Waals surface area contributed by atoms with Gasteiger partial charge in [0.05, 0.1) is 23.3 Å². The molecule has 0 amide bonds. The van der Waals surface area contributed by atoms with Gasteiger partial charge in [-0.3, -0.25) is 10.1 Å². The Balaban J connectivity index is 2.06. The zero-order valence-corrected chi connectivity index (χ0v) is 12.1. The van der Waals surface area contributed by atoms with Gasteiger partial charge >= 0.3 is 0 Å². The lowest BCUT2D eigenvalue weighted by molar-refractivity contribution is -0.384. The first-order valence-electron chi connectivity index (χ1n) is 6.70. The summed E-state index contributed by atoms with van der Waals surface area (Å²) < 4.78 is 5.28. The van der Waals surface area contributed by atoms with Crippen LogP contribution in [0.1, 0.15) is 11.1 Å². The van der Waals surface area contributed by atoms with Crippen LogP contribution in [-0.4, -0.2) is 18.6 Å². The second-order valence-corrected chi connectivity index (χ2v) is 4.59. The van der Waals surface area contributed by atoms with Crippen molar-refractivity contribution in [1.82, 2.24) is 0 Å². The van der Waals surface area contributed by atoms with Crippen molar-refractivity contribution < 1.29 is 9.66 Å². The van der Waals surface area contributed by atoms with Gasteiger partial charge in [0.2, 0.25) is 0 Å². The third-order valence-corrected chi connectivity index (χ3v) is 3.24. The highest BCUT2D eigenvalue weighted by Crippen LogP contribution is 2.22. The largest absolute Gasteiger partial charge is 0.496 e. The van der Waals surface area contributed by atoms with E-state index in [2.05, 4.69) is 5.32 Å². The monoisotopic (exact) mass is 297 g/mol. The zero-order chi connectivity index (χ0) is 15.9. The third-order valence-electron chi connectivity index (χ3n) is 3.24. The van der Waals surface area contributed by atoms with Crippen LogP contribution in [0.15, 0.2) is 42.5 Å². The molecule has 1 N–H and O–H groups in total. The first-order chi connectivity index (χ1) is 10.7. The molecule has 22 heavy (non-hydrogen) atoms. The molecule has 0 aliphatic rings. The number of nitro benzene ring substituents is 1. The van der Waals surface area contributed by atoms with E-state index in [9.17, 15) is 10.1 Å². The molecule has 0 spiro atoms. The van der Waals surface area contributed by atoms with Crippen LogP contribution in [0.2, 0.25) is 0 Å². The van der Waals surface area contributed by atoms with E-state index in [1.54, 1.807) is 13.2 Å². The van der Waals surface area contributed by atoms with Crippen molar-refractivity contribution >= 4 is 11.4 Å². The minimum absolute atomic E-state index is 0.0909. The maximum atomic E-state index is 10.7. The second-order valence-electron chi connectivity index (χ2n) is 4.59. The van der Waals surface area contributed by atoms with Gasteiger partial charge in [-0.1, -0.05) is 18.2 Å². The number of nitriles is 1. The zero-order valence-electron chi connectivity index (χ0n) is 12.1. The Morgan fingerprint density at radius 2 is 2.09 bits per heavy atom. The molecule has 0 saturated heterocycles. The molecule has 0 saturated carbocycles. The van der Waals surface area contributed by atoms with E-state index in [1.165, 1.54) is 12.1 Å². The summed E-state index contributed by atoms with van der Waals surface area (Å²) >= 11 is 0. The number of hydrogen-bond acceptors (Lipinski definition) is 5. The summed E-state index contributed by atoms with van der Waals surface area (Å²) in [7, 11) is 1.62. The second kappa shape index (κ2) is 7.09. The number of benzene rings is 2. The van der Waals surface area contributed by atoms with E-state index >= 15 is 0 Å². The molecule has 0 heterocycles. The molecule has 0 aliphatic carbocycles. The summed E-state index contributed by atoms with van der Waals surface area (Å²) in [5.74, 6) is 0.813. The SMILES string of the molecule is COc1ccccc1CCNc1ccc([N+](=O)[O-])cc1C#N. The molecule has 6 heteroatoms. The summed E-state index contributed by atoms with van der Waals surface area (Å²) in [5, 5.41) is 22.9. The molecule has 0 fully saturated rings. The number of nitro groups is 1. The van der Waals surface area contributed by atoms with Crippen LogP contribution in [0.5, 0.6) is 5.75 Å². The molecule has 6 nitrogen and oxygen atoms in total. The lowest BCUT2D eigenvalue weighted by atomic mass is 10.1. The highest BCUT2D eigenvalue weighted by molar-refractivity contribution is 5.61. The Morgan fingerprint density at radius 3 is 2.77 bits per heavy atom. The van der Waals surface area contributed by atoms with E-state index in [0.29, 0.717) is 18.7 Å². The van der Waals surface area contributed by atoms with Gasteiger partial charge in [0.1, 0.15) is 11.8 Å². The van der Waals surface area contributed by atoms with E-state index < -0.39 is 4.92 Å². The number of para-hydroxylation sites is 1. The highest BCUT2D eigenvalue weighted by Gasteiger charge is 2.10. The Morgan fingerprint density at radius 1 is 1.32 bits per heavy atom. The molecule has 0 unspecified atom stereocenters. The van der Waals surface area contributed by atoms with Crippen molar-refractivity contribution in [3.05, 3.63) is 63.7 Å². The van der Waals surface area contributed by atoms with Gasteiger partial charge in [0.25, 0.3) is 5.69 Å². The topological polar surface area (TPSA) is 88.2 Å². The van der Waals surface area contributed by atoms with Crippen LogP contribution in [-0.2, 0) is 6.42 Å². The van der Waals surface area contributed by atoms with Crippen molar-refractivity contribution in [1.29, 1.82) is 5.26 Å². The fourth-order valence-corrected chi connectivity index (χ4v) is 2.13. The maximum absolute atomic E-state index is 10.7. The van der Waals surface area contributed by atoms with Crippen LogP contribution in [0.3, 0.4) is 0 Å². The van der Waals surface area contributed by atoms with Gasteiger partial charge in [-0.2, -0.15) is 5.26 Å². The Labute approximate surface area is 128 Å². The Kier molecular flexibility index (Phi) is 4.94. The Bertz CT molecular complexity index is 723. The van der Waals surface area contributed by atoms with E-state index in [0.717, 1.165) is 11.3 Å². The molecule has 0 atom stereocenters. The molecule has 0 bridgehead atoms. The van der Waals surface area contributed by atoms with Gasteiger partial charge in [-0.25, -0.2) is 0 Å². The van der Waals surface area contributed by atoms with Gasteiger partial charge < -0.3 is 10.1 Å². The average Bonchev–Trinajstić information content (AvgIpc) is 2.55. The lowest BCUT2D eigenvalue weighted by Crippen LogP contribution is -2.07. The van der Waals surface area contributed by atoms with Gasteiger partial charge in [0, 0.05) is 18.7 Å². The predicted octanol–water partition coefficient (Wildman–Crippen LogP) is 3.13. The summed E-state index contributed by atoms with van der Waals surface area (Å²) in [4.78, 5) is 10.2. The molecule has 112 valence electrons. The van der Waals surface area contributed by atoms with Crippen LogP contribution in [0, 0.1) is 21.4 Å². The van der Waals surface area contributed by atoms with Crippen molar-refractivity contribution in [2.24, 2.45) is 0 Å². The molecule has 2 rings (SSSR count). The molecular weight excluding hydrogens is 282 g/mol. The third kappa shape index (κ3) is 3.52. The van der Waals surface area contributed by atoms with Crippen LogP contribution in [0.25, 0.3) is 0 Å². The first-order valence-corrected chi connectivity index (χ1v) is 6.70. The molecule has 2 aromatic rings. The fraction of sp³-hybridized carbons (Fsp3) is 0.188. The summed E-state index contributed by atoms with van der Waals surface area (Å²) in [6.07, 6.45) is 0.714. The maximum Gasteiger partial charge on any atom is 0.270 e. The van der Waals surface area contributed by atoms with E-state index in [1.807, 2.05) is 30.3 Å². The van der Waals surface area contributed by atoms with Gasteiger partial charge in [0.15, 0.2) is 0 Å². The summed E-state index contributed by atoms with van der Waals surface area (Å²) in [6.45, 7) is 0.590.